The summed E-state index contributed by atoms with van der Waals surface area (Å²) in [7, 11) is -10.7. The summed E-state index contributed by atoms with van der Waals surface area (Å²) in [6, 6.07) is 0.536. The average molecular weight is 354 g/mol. The molecular formula is C6H21B4F4NO8. The molecule has 0 atom stereocenters. The maximum atomic E-state index is 10.1. The number of nitrogens with two attached hydrogens (primary N) is 1. The highest BCUT2D eigenvalue weighted by Gasteiger charge is 2.06. The predicted molar refractivity (Wildman–Crippen MR) is 76.3 cm³/mol. The summed E-state index contributed by atoms with van der Waals surface area (Å²) in [6.45, 7) is 0. The van der Waals surface area contributed by atoms with Crippen LogP contribution in [0.2, 0.25) is 0 Å². The molecule has 9 nitrogen and oxygen atoms in total. The average Bonchev–Trinajstić information content (AvgIpc) is 2.26. The molecule has 1 aliphatic carbocycles. The van der Waals surface area contributed by atoms with Crippen LogP contribution in [0.1, 0.15) is 32.1 Å². The zero-order valence-corrected chi connectivity index (χ0v) is 12.1. The summed E-state index contributed by atoms with van der Waals surface area (Å²) < 4.78 is 40.4. The minimum absolute atomic E-state index is 0.536. The molecule has 138 valence electrons. The van der Waals surface area contributed by atoms with Gasteiger partial charge in [-0.2, -0.15) is 0 Å². The molecule has 1 fully saturated rings. The van der Waals surface area contributed by atoms with Crippen LogP contribution in [-0.4, -0.2) is 75.8 Å². The van der Waals surface area contributed by atoms with Crippen LogP contribution < -0.4 is 5.73 Å². The van der Waals surface area contributed by atoms with E-state index in [1.807, 2.05) is 0 Å². The Balaban J connectivity index is -0.000000102. The van der Waals surface area contributed by atoms with Gasteiger partial charge in [-0.25, -0.2) is 0 Å². The van der Waals surface area contributed by atoms with Crippen molar-refractivity contribution >= 4 is 29.6 Å². The molecule has 0 spiro atoms. The Bertz CT molecular complexity index is 172. The van der Waals surface area contributed by atoms with Crippen molar-refractivity contribution in [2.45, 2.75) is 38.1 Å². The second kappa shape index (κ2) is 23.9. The molecule has 10 N–H and O–H groups in total. The van der Waals surface area contributed by atoms with E-state index in [4.69, 9.17) is 45.9 Å². The van der Waals surface area contributed by atoms with E-state index in [0.29, 0.717) is 6.04 Å². The van der Waals surface area contributed by atoms with E-state index in [2.05, 4.69) is 0 Å². The van der Waals surface area contributed by atoms with Crippen LogP contribution in [0, 0.1) is 0 Å². The Labute approximate surface area is 132 Å². The van der Waals surface area contributed by atoms with Crippen molar-refractivity contribution in [3.05, 3.63) is 0 Å². The minimum Gasteiger partial charge on any atom is -0.398 e. The summed E-state index contributed by atoms with van der Waals surface area (Å²) >= 11 is 0. The molecule has 0 aromatic rings. The summed E-state index contributed by atoms with van der Waals surface area (Å²) in [5.74, 6) is 0. The zero-order chi connectivity index (χ0) is 19.4. The van der Waals surface area contributed by atoms with Crippen LogP contribution in [-0.2, 0) is 0 Å². The van der Waals surface area contributed by atoms with Gasteiger partial charge in [0.25, 0.3) is 0 Å². The van der Waals surface area contributed by atoms with Crippen LogP contribution in [0.4, 0.5) is 17.3 Å². The third-order valence-electron chi connectivity index (χ3n) is 1.65. The van der Waals surface area contributed by atoms with Gasteiger partial charge in [-0.15, -0.1) is 0 Å². The molecule has 17 heteroatoms. The van der Waals surface area contributed by atoms with E-state index in [9.17, 15) is 17.3 Å². The molecule has 0 aliphatic heterocycles. The molecule has 0 heterocycles. The lowest BCUT2D eigenvalue weighted by Crippen LogP contribution is -2.22. The molecular weight excluding hydrogens is 333 g/mol. The van der Waals surface area contributed by atoms with E-state index in [0.717, 1.165) is 0 Å². The molecule has 0 saturated heterocycles. The first-order valence-electron chi connectivity index (χ1n) is 6.09. The molecule has 0 bridgehead atoms. The highest BCUT2D eigenvalue weighted by Crippen LogP contribution is 2.14. The Morgan fingerprint density at radius 3 is 0.826 bits per heavy atom. The fraction of sp³-hybridized carbons (Fsp3) is 1.00. The first-order chi connectivity index (χ1) is 10.3. The molecule has 1 aliphatic rings. The van der Waals surface area contributed by atoms with E-state index < -0.39 is 29.6 Å². The summed E-state index contributed by atoms with van der Waals surface area (Å²) in [5, 5.41) is 55.6. The van der Waals surface area contributed by atoms with Gasteiger partial charge < -0.3 is 45.9 Å². The van der Waals surface area contributed by atoms with Gasteiger partial charge >= 0.3 is 29.6 Å². The van der Waals surface area contributed by atoms with Crippen LogP contribution in [0.15, 0.2) is 0 Å². The zero-order valence-electron chi connectivity index (χ0n) is 12.1. The predicted octanol–water partition coefficient (Wildman–Crippen LogP) is -3.02. The van der Waals surface area contributed by atoms with E-state index in [1.165, 1.54) is 32.1 Å². The third kappa shape index (κ3) is 143. The number of rotatable bonds is 0. The number of hydrogen-bond donors (Lipinski definition) is 9. The molecule has 0 amide bonds. The fourth-order valence-corrected chi connectivity index (χ4v) is 1.13. The van der Waals surface area contributed by atoms with Crippen molar-refractivity contribution in [2.75, 3.05) is 0 Å². The SMILES string of the molecule is NC1CCCCC1.OB(O)F.OB(O)F.OB(O)F.OB(O)F. The highest BCUT2D eigenvalue weighted by molar-refractivity contribution is 6.32. The second-order valence-corrected chi connectivity index (χ2v) is 3.64. The maximum Gasteiger partial charge on any atom is 0.674 e. The van der Waals surface area contributed by atoms with Gasteiger partial charge in [0, 0.05) is 6.04 Å². The van der Waals surface area contributed by atoms with Crippen molar-refractivity contribution in [1.29, 1.82) is 0 Å². The molecule has 0 unspecified atom stereocenters. The highest BCUT2D eigenvalue weighted by atomic mass is 19.1. The monoisotopic (exact) mass is 355 g/mol. The lowest BCUT2D eigenvalue weighted by molar-refractivity contribution is 0.338. The molecule has 0 aromatic carbocycles. The van der Waals surface area contributed by atoms with Crippen molar-refractivity contribution in [2.24, 2.45) is 5.73 Å². The first-order valence-corrected chi connectivity index (χ1v) is 6.09. The normalized spacial score (nSPS) is 12.4. The van der Waals surface area contributed by atoms with E-state index in [1.54, 1.807) is 0 Å². The van der Waals surface area contributed by atoms with E-state index in [-0.39, 0.29) is 0 Å². The topological polar surface area (TPSA) is 188 Å². The van der Waals surface area contributed by atoms with Gasteiger partial charge in [-0.05, 0) is 12.8 Å². The van der Waals surface area contributed by atoms with Gasteiger partial charge in [0.15, 0.2) is 0 Å². The van der Waals surface area contributed by atoms with Gasteiger partial charge in [0.2, 0.25) is 0 Å². The first kappa shape index (κ1) is 30.5. The van der Waals surface area contributed by atoms with E-state index >= 15 is 0 Å². The molecule has 0 aromatic heterocycles. The van der Waals surface area contributed by atoms with Crippen molar-refractivity contribution < 1.29 is 57.5 Å². The molecule has 1 rings (SSSR count). The lowest BCUT2D eigenvalue weighted by Gasteiger charge is -2.15. The summed E-state index contributed by atoms with van der Waals surface area (Å²) in [6.07, 6.45) is 6.66. The van der Waals surface area contributed by atoms with Crippen LogP contribution >= 0.6 is 0 Å². The smallest absolute Gasteiger partial charge is 0.398 e. The van der Waals surface area contributed by atoms with Crippen molar-refractivity contribution in [1.82, 2.24) is 0 Å². The second-order valence-electron chi connectivity index (χ2n) is 3.64. The van der Waals surface area contributed by atoms with Crippen LogP contribution in [0.5, 0.6) is 0 Å². The largest absolute Gasteiger partial charge is 0.674 e. The Morgan fingerprint density at radius 1 is 0.565 bits per heavy atom. The van der Waals surface area contributed by atoms with Gasteiger partial charge in [0.05, 0.1) is 0 Å². The molecule has 23 heavy (non-hydrogen) atoms. The fourth-order valence-electron chi connectivity index (χ4n) is 1.13. The lowest BCUT2D eigenvalue weighted by atomic mass is 9.97. The standard InChI is InChI=1S/C6H13N.4BFH2O2/c7-6-4-2-1-3-5-6;4*2-1(3)4/h6H,1-5,7H2;4*3-4H. The molecule has 1 saturated carbocycles. The minimum atomic E-state index is -2.67. The Morgan fingerprint density at radius 2 is 0.739 bits per heavy atom. The Kier molecular flexibility index (Phi) is 31.7. The summed E-state index contributed by atoms with van der Waals surface area (Å²) in [4.78, 5) is 0. The number of hydrogen-bond acceptors (Lipinski definition) is 9. The van der Waals surface area contributed by atoms with Gasteiger partial charge in [-0.3, -0.25) is 17.3 Å². The number of halogens is 4. The van der Waals surface area contributed by atoms with Crippen molar-refractivity contribution in [3.63, 3.8) is 0 Å². The van der Waals surface area contributed by atoms with Crippen molar-refractivity contribution in [3.8, 4) is 0 Å². The summed E-state index contributed by atoms with van der Waals surface area (Å²) in [5.41, 5.74) is 5.63. The Hall–Kier alpha value is -0.380. The van der Waals surface area contributed by atoms with Gasteiger partial charge in [-0.1, -0.05) is 19.3 Å². The quantitative estimate of drug-likeness (QED) is 0.161. The van der Waals surface area contributed by atoms with Gasteiger partial charge in [0.1, 0.15) is 0 Å². The molecule has 0 radical (unpaired) electrons. The van der Waals surface area contributed by atoms with Crippen LogP contribution in [0.25, 0.3) is 0 Å². The maximum absolute atomic E-state index is 10.1. The third-order valence-corrected chi connectivity index (χ3v) is 1.65. The van der Waals surface area contributed by atoms with Crippen LogP contribution in [0.3, 0.4) is 0 Å².